The van der Waals surface area contributed by atoms with E-state index in [1.54, 1.807) is 11.3 Å². The van der Waals surface area contributed by atoms with Crippen molar-refractivity contribution < 1.29 is 0 Å². The molecule has 2 aromatic rings. The SMILES string of the molecule is CCCNCc1cn(C)nc1-c1ccc(Cl)s1. The van der Waals surface area contributed by atoms with Gasteiger partial charge in [0.15, 0.2) is 0 Å². The number of aryl methyl sites for hydroxylation is 1. The van der Waals surface area contributed by atoms with Crippen molar-refractivity contribution in [3.8, 4) is 10.6 Å². The van der Waals surface area contributed by atoms with Crippen LogP contribution in [-0.4, -0.2) is 16.3 Å². The number of hydrogen-bond acceptors (Lipinski definition) is 3. The molecule has 2 rings (SSSR count). The molecule has 17 heavy (non-hydrogen) atoms. The molecule has 0 aromatic carbocycles. The van der Waals surface area contributed by atoms with Crippen LogP contribution >= 0.6 is 22.9 Å². The summed E-state index contributed by atoms with van der Waals surface area (Å²) in [5.74, 6) is 0. The lowest BCUT2D eigenvalue weighted by Crippen LogP contribution is -2.13. The van der Waals surface area contributed by atoms with Gasteiger partial charge in [-0.05, 0) is 25.1 Å². The lowest BCUT2D eigenvalue weighted by Gasteiger charge is -2.01. The van der Waals surface area contributed by atoms with Gasteiger partial charge in [0.2, 0.25) is 0 Å². The van der Waals surface area contributed by atoms with Gasteiger partial charge in [0, 0.05) is 25.4 Å². The monoisotopic (exact) mass is 269 g/mol. The molecule has 5 heteroatoms. The predicted octanol–water partition coefficient (Wildman–Crippen LogP) is 3.30. The minimum atomic E-state index is 0.804. The first kappa shape index (κ1) is 12.6. The smallest absolute Gasteiger partial charge is 0.107 e. The first-order valence-corrected chi connectivity index (χ1v) is 6.89. The van der Waals surface area contributed by atoms with Gasteiger partial charge in [-0.2, -0.15) is 5.10 Å². The van der Waals surface area contributed by atoms with Crippen molar-refractivity contribution in [1.82, 2.24) is 15.1 Å². The highest BCUT2D eigenvalue weighted by Crippen LogP contribution is 2.31. The average Bonchev–Trinajstić information content (AvgIpc) is 2.85. The zero-order valence-corrected chi connectivity index (χ0v) is 11.6. The summed E-state index contributed by atoms with van der Waals surface area (Å²) in [7, 11) is 1.95. The normalized spacial score (nSPS) is 11.0. The van der Waals surface area contributed by atoms with Crippen LogP contribution in [0.25, 0.3) is 10.6 Å². The van der Waals surface area contributed by atoms with E-state index in [-0.39, 0.29) is 0 Å². The molecule has 0 spiro atoms. The van der Waals surface area contributed by atoms with Gasteiger partial charge >= 0.3 is 0 Å². The molecule has 1 N–H and O–H groups in total. The Morgan fingerprint density at radius 2 is 2.29 bits per heavy atom. The molecule has 0 aliphatic rings. The largest absolute Gasteiger partial charge is 0.313 e. The maximum atomic E-state index is 5.96. The van der Waals surface area contributed by atoms with Gasteiger partial charge < -0.3 is 5.32 Å². The van der Waals surface area contributed by atoms with Crippen LogP contribution in [0.1, 0.15) is 18.9 Å². The lowest BCUT2D eigenvalue weighted by molar-refractivity contribution is 0.675. The molecule has 0 aliphatic heterocycles. The van der Waals surface area contributed by atoms with Crippen molar-refractivity contribution in [3.63, 3.8) is 0 Å². The maximum absolute atomic E-state index is 5.96. The van der Waals surface area contributed by atoms with E-state index in [1.807, 2.05) is 23.9 Å². The molecule has 0 amide bonds. The molecule has 2 heterocycles. The summed E-state index contributed by atoms with van der Waals surface area (Å²) in [6, 6.07) is 3.94. The first-order valence-electron chi connectivity index (χ1n) is 5.69. The summed E-state index contributed by atoms with van der Waals surface area (Å²) in [6.45, 7) is 4.04. The van der Waals surface area contributed by atoms with Gasteiger partial charge in [0.1, 0.15) is 5.69 Å². The Labute approximate surface area is 110 Å². The van der Waals surface area contributed by atoms with Gasteiger partial charge in [-0.15, -0.1) is 11.3 Å². The summed E-state index contributed by atoms with van der Waals surface area (Å²) in [6.07, 6.45) is 3.20. The van der Waals surface area contributed by atoms with Gasteiger partial charge in [-0.25, -0.2) is 0 Å². The quantitative estimate of drug-likeness (QED) is 0.844. The van der Waals surface area contributed by atoms with E-state index in [2.05, 4.69) is 23.5 Å². The van der Waals surface area contributed by atoms with Crippen molar-refractivity contribution in [1.29, 1.82) is 0 Å². The molecule has 0 saturated heterocycles. The number of nitrogens with zero attached hydrogens (tertiary/aromatic N) is 2. The molecule has 92 valence electrons. The summed E-state index contributed by atoms with van der Waals surface area (Å²) in [5, 5.41) is 7.90. The summed E-state index contributed by atoms with van der Waals surface area (Å²) in [4.78, 5) is 1.13. The molecular formula is C12H16ClN3S. The van der Waals surface area contributed by atoms with Crippen LogP contribution in [0.2, 0.25) is 4.34 Å². The van der Waals surface area contributed by atoms with Crippen molar-refractivity contribution >= 4 is 22.9 Å². The highest BCUT2D eigenvalue weighted by Gasteiger charge is 2.11. The zero-order chi connectivity index (χ0) is 12.3. The summed E-state index contributed by atoms with van der Waals surface area (Å²) in [5.41, 5.74) is 2.26. The number of aromatic nitrogens is 2. The fourth-order valence-corrected chi connectivity index (χ4v) is 2.78. The molecule has 0 bridgehead atoms. The molecule has 0 unspecified atom stereocenters. The Kier molecular flexibility index (Phi) is 4.20. The van der Waals surface area contributed by atoms with Crippen molar-refractivity contribution in [2.75, 3.05) is 6.54 Å². The Hall–Kier alpha value is -0.840. The molecule has 0 atom stereocenters. The summed E-state index contributed by atoms with van der Waals surface area (Å²) >= 11 is 7.53. The van der Waals surface area contributed by atoms with E-state index < -0.39 is 0 Å². The Morgan fingerprint density at radius 3 is 2.94 bits per heavy atom. The van der Waals surface area contributed by atoms with E-state index in [1.165, 1.54) is 5.56 Å². The number of thiophene rings is 1. The minimum Gasteiger partial charge on any atom is -0.313 e. The molecule has 3 nitrogen and oxygen atoms in total. The van der Waals surface area contributed by atoms with Crippen LogP contribution in [0.3, 0.4) is 0 Å². The predicted molar refractivity (Wildman–Crippen MR) is 73.5 cm³/mol. The molecular weight excluding hydrogens is 254 g/mol. The second-order valence-corrected chi connectivity index (χ2v) is 5.67. The van der Waals surface area contributed by atoms with Crippen LogP contribution in [0.4, 0.5) is 0 Å². The standard InChI is InChI=1S/C12H16ClN3S/c1-3-6-14-7-9-8-16(2)15-12(9)10-4-5-11(13)17-10/h4-5,8,14H,3,6-7H2,1-2H3. The number of hydrogen-bond donors (Lipinski definition) is 1. The molecule has 2 aromatic heterocycles. The van der Waals surface area contributed by atoms with Crippen LogP contribution < -0.4 is 5.32 Å². The van der Waals surface area contributed by atoms with Gasteiger partial charge in [0.05, 0.1) is 9.21 Å². The molecule has 0 fully saturated rings. The topological polar surface area (TPSA) is 29.9 Å². The van der Waals surface area contributed by atoms with Crippen LogP contribution in [0.5, 0.6) is 0 Å². The molecule has 0 aliphatic carbocycles. The number of rotatable bonds is 5. The van der Waals surface area contributed by atoms with E-state index >= 15 is 0 Å². The van der Waals surface area contributed by atoms with Crippen LogP contribution in [0, 0.1) is 0 Å². The zero-order valence-electron chi connectivity index (χ0n) is 10.0. The Bertz CT molecular complexity index is 490. The third kappa shape index (κ3) is 3.09. The van der Waals surface area contributed by atoms with Crippen LogP contribution in [0.15, 0.2) is 18.3 Å². The van der Waals surface area contributed by atoms with E-state index in [4.69, 9.17) is 11.6 Å². The third-order valence-corrected chi connectivity index (χ3v) is 3.69. The fraction of sp³-hybridized carbons (Fsp3) is 0.417. The minimum absolute atomic E-state index is 0.804. The van der Waals surface area contributed by atoms with Crippen molar-refractivity contribution in [3.05, 3.63) is 28.2 Å². The van der Waals surface area contributed by atoms with E-state index in [9.17, 15) is 0 Å². The molecule has 0 saturated carbocycles. The van der Waals surface area contributed by atoms with E-state index in [0.717, 1.165) is 34.4 Å². The van der Waals surface area contributed by atoms with Gasteiger partial charge in [-0.1, -0.05) is 18.5 Å². The maximum Gasteiger partial charge on any atom is 0.107 e. The Morgan fingerprint density at radius 1 is 1.47 bits per heavy atom. The Balaban J connectivity index is 2.21. The average molecular weight is 270 g/mol. The third-order valence-electron chi connectivity index (χ3n) is 2.45. The number of halogens is 1. The van der Waals surface area contributed by atoms with E-state index in [0.29, 0.717) is 0 Å². The first-order chi connectivity index (χ1) is 8.20. The second-order valence-electron chi connectivity index (χ2n) is 3.96. The van der Waals surface area contributed by atoms with Crippen molar-refractivity contribution in [2.24, 2.45) is 7.05 Å². The van der Waals surface area contributed by atoms with Gasteiger partial charge in [0.25, 0.3) is 0 Å². The molecule has 0 radical (unpaired) electrons. The highest BCUT2D eigenvalue weighted by atomic mass is 35.5. The fourth-order valence-electron chi connectivity index (χ4n) is 1.72. The van der Waals surface area contributed by atoms with Crippen LogP contribution in [-0.2, 0) is 13.6 Å². The second kappa shape index (κ2) is 5.67. The number of nitrogens with one attached hydrogen (secondary N) is 1. The highest BCUT2D eigenvalue weighted by molar-refractivity contribution is 7.19. The lowest BCUT2D eigenvalue weighted by atomic mass is 10.2. The summed E-state index contributed by atoms with van der Waals surface area (Å²) < 4.78 is 2.66. The van der Waals surface area contributed by atoms with Gasteiger partial charge in [-0.3, -0.25) is 4.68 Å². The van der Waals surface area contributed by atoms with Crippen molar-refractivity contribution in [2.45, 2.75) is 19.9 Å².